The average Bonchev–Trinajstić information content (AvgIpc) is 3.34. The molecule has 7 heteroatoms. The maximum atomic E-state index is 12.2. The van der Waals surface area contributed by atoms with Gasteiger partial charge >= 0.3 is 0 Å². The molecule has 3 N–H and O–H groups in total. The van der Waals surface area contributed by atoms with E-state index in [1.807, 2.05) is 0 Å². The highest BCUT2D eigenvalue weighted by Crippen LogP contribution is 2.47. The van der Waals surface area contributed by atoms with Crippen molar-refractivity contribution in [1.29, 1.82) is 0 Å². The van der Waals surface area contributed by atoms with Crippen molar-refractivity contribution in [3.8, 4) is 0 Å². The molecule has 2 atom stereocenters. The van der Waals surface area contributed by atoms with Crippen LogP contribution in [0.2, 0.25) is 10.0 Å². The van der Waals surface area contributed by atoms with Crippen molar-refractivity contribution in [2.75, 3.05) is 31.5 Å². The van der Waals surface area contributed by atoms with Gasteiger partial charge in [-0.15, -0.1) is 0 Å². The van der Waals surface area contributed by atoms with Gasteiger partial charge in [0.2, 0.25) is 5.91 Å². The van der Waals surface area contributed by atoms with Crippen molar-refractivity contribution in [2.24, 2.45) is 17.8 Å². The van der Waals surface area contributed by atoms with E-state index in [0.29, 0.717) is 34.9 Å². The number of carbonyl (C=O) groups is 1. The number of piperidine rings is 1. The van der Waals surface area contributed by atoms with Crippen LogP contribution in [0.15, 0.2) is 12.3 Å². The summed E-state index contributed by atoms with van der Waals surface area (Å²) in [7, 11) is 0. The zero-order chi connectivity index (χ0) is 16.2. The lowest BCUT2D eigenvalue weighted by Gasteiger charge is -2.22. The Morgan fingerprint density at radius 3 is 2.83 bits per heavy atom. The van der Waals surface area contributed by atoms with Crippen molar-refractivity contribution in [2.45, 2.75) is 19.3 Å². The number of hydrogen-bond acceptors (Lipinski definition) is 4. The van der Waals surface area contributed by atoms with E-state index >= 15 is 0 Å². The van der Waals surface area contributed by atoms with Gasteiger partial charge in [0.1, 0.15) is 5.82 Å². The molecular weight excluding hydrogens is 335 g/mol. The summed E-state index contributed by atoms with van der Waals surface area (Å²) in [6.07, 6.45) is 5.00. The first-order valence-corrected chi connectivity index (χ1v) is 8.94. The summed E-state index contributed by atoms with van der Waals surface area (Å²) in [6, 6.07) is 1.64. The lowest BCUT2D eigenvalue weighted by molar-refractivity contribution is -0.122. The Balaban J connectivity index is 1.35. The number of anilines is 1. The minimum absolute atomic E-state index is 0.186. The van der Waals surface area contributed by atoms with Crippen LogP contribution >= 0.6 is 23.2 Å². The second kappa shape index (κ2) is 7.69. The maximum absolute atomic E-state index is 12.2. The fraction of sp³-hybridized carbons (Fsp3) is 0.625. The fourth-order valence-corrected chi connectivity index (χ4v) is 3.80. The van der Waals surface area contributed by atoms with E-state index < -0.39 is 0 Å². The molecule has 0 aromatic carbocycles. The molecule has 3 rings (SSSR count). The molecule has 1 saturated carbocycles. The summed E-state index contributed by atoms with van der Waals surface area (Å²) >= 11 is 11.8. The summed E-state index contributed by atoms with van der Waals surface area (Å²) < 4.78 is 0. The van der Waals surface area contributed by atoms with Gasteiger partial charge < -0.3 is 16.0 Å². The Morgan fingerprint density at radius 2 is 2.09 bits per heavy atom. The number of rotatable bonds is 6. The second-order valence-corrected chi connectivity index (χ2v) is 7.14. The lowest BCUT2D eigenvalue weighted by atomic mass is 9.92. The van der Waals surface area contributed by atoms with Crippen LogP contribution in [-0.2, 0) is 4.79 Å². The van der Waals surface area contributed by atoms with Gasteiger partial charge in [-0.2, -0.15) is 0 Å². The third-order valence-electron chi connectivity index (χ3n) is 4.69. The number of nitrogens with one attached hydrogen (secondary N) is 3. The molecule has 1 saturated heterocycles. The molecule has 23 heavy (non-hydrogen) atoms. The summed E-state index contributed by atoms with van der Waals surface area (Å²) in [5, 5.41) is 10.5. The highest BCUT2D eigenvalue weighted by molar-refractivity contribution is 6.35. The number of pyridine rings is 1. The number of hydrogen-bond donors (Lipinski definition) is 3. The normalized spacial score (nSPS) is 24.3. The van der Waals surface area contributed by atoms with Crippen LogP contribution in [0.5, 0.6) is 0 Å². The van der Waals surface area contributed by atoms with E-state index in [0.717, 1.165) is 25.4 Å². The number of amides is 1. The molecule has 126 valence electrons. The molecule has 2 fully saturated rings. The van der Waals surface area contributed by atoms with Crippen LogP contribution in [0.1, 0.15) is 19.3 Å². The predicted octanol–water partition coefficient (Wildman–Crippen LogP) is 2.55. The van der Waals surface area contributed by atoms with E-state index in [1.165, 1.54) is 12.8 Å². The second-order valence-electron chi connectivity index (χ2n) is 6.30. The molecule has 0 radical (unpaired) electrons. The molecule has 5 nitrogen and oxygen atoms in total. The average molecular weight is 357 g/mol. The van der Waals surface area contributed by atoms with Crippen LogP contribution in [0.4, 0.5) is 5.82 Å². The van der Waals surface area contributed by atoms with Gasteiger partial charge in [-0.25, -0.2) is 4.98 Å². The predicted molar refractivity (Wildman–Crippen MR) is 92.9 cm³/mol. The van der Waals surface area contributed by atoms with Gasteiger partial charge in [-0.3, -0.25) is 4.79 Å². The lowest BCUT2D eigenvalue weighted by Crippen LogP contribution is -2.32. The standard InChI is InChI=1S/C16H22Cl2N4O/c17-11-7-14(18)15(22-9-11)20-5-6-21-16(23)13-8-12(13)10-1-3-19-4-2-10/h7,9-10,12-13,19H,1-6,8H2,(H,20,22)(H,21,23)/t12-,13+/m0/s1. The molecular formula is C16H22Cl2N4O. The van der Waals surface area contributed by atoms with Gasteiger partial charge in [0, 0.05) is 25.2 Å². The Hall–Kier alpha value is -1.04. The Labute approximate surface area is 146 Å². The molecule has 1 aliphatic heterocycles. The first kappa shape index (κ1) is 16.8. The van der Waals surface area contributed by atoms with E-state index in [-0.39, 0.29) is 11.8 Å². The van der Waals surface area contributed by atoms with E-state index in [9.17, 15) is 4.79 Å². The number of aromatic nitrogens is 1. The molecule has 1 aliphatic carbocycles. The third-order valence-corrected chi connectivity index (χ3v) is 5.19. The minimum Gasteiger partial charge on any atom is -0.367 e. The van der Waals surface area contributed by atoms with Crippen LogP contribution in [0, 0.1) is 17.8 Å². The first-order valence-electron chi connectivity index (χ1n) is 8.18. The van der Waals surface area contributed by atoms with E-state index in [2.05, 4.69) is 20.9 Å². The number of nitrogens with zero attached hydrogens (tertiary/aromatic N) is 1. The quantitative estimate of drug-likeness (QED) is 0.685. The summed E-state index contributed by atoms with van der Waals surface area (Å²) in [5.41, 5.74) is 0. The van der Waals surface area contributed by atoms with Gasteiger partial charge in [-0.05, 0) is 50.3 Å². The van der Waals surface area contributed by atoms with Gasteiger partial charge in [0.05, 0.1) is 10.0 Å². The first-order chi connectivity index (χ1) is 11.1. The van der Waals surface area contributed by atoms with Crippen molar-refractivity contribution in [3.05, 3.63) is 22.3 Å². The molecule has 1 aromatic heterocycles. The van der Waals surface area contributed by atoms with Gasteiger partial charge in [0.15, 0.2) is 0 Å². The van der Waals surface area contributed by atoms with Gasteiger partial charge in [-0.1, -0.05) is 23.2 Å². The van der Waals surface area contributed by atoms with Crippen LogP contribution in [-0.4, -0.2) is 37.1 Å². The maximum Gasteiger partial charge on any atom is 0.223 e. The van der Waals surface area contributed by atoms with Crippen LogP contribution < -0.4 is 16.0 Å². The van der Waals surface area contributed by atoms with Gasteiger partial charge in [0.25, 0.3) is 0 Å². The topological polar surface area (TPSA) is 66.0 Å². The summed E-state index contributed by atoms with van der Waals surface area (Å²) in [6.45, 7) is 3.34. The van der Waals surface area contributed by atoms with E-state index in [4.69, 9.17) is 23.2 Å². The monoisotopic (exact) mass is 356 g/mol. The minimum atomic E-state index is 0.186. The number of halogens is 2. The smallest absolute Gasteiger partial charge is 0.223 e. The molecule has 0 bridgehead atoms. The fourth-order valence-electron chi connectivity index (χ4n) is 3.35. The van der Waals surface area contributed by atoms with Crippen molar-refractivity contribution in [1.82, 2.24) is 15.6 Å². The van der Waals surface area contributed by atoms with E-state index in [1.54, 1.807) is 12.3 Å². The Kier molecular flexibility index (Phi) is 5.62. The molecule has 1 aromatic rings. The van der Waals surface area contributed by atoms with Crippen molar-refractivity contribution in [3.63, 3.8) is 0 Å². The zero-order valence-corrected chi connectivity index (χ0v) is 14.5. The third kappa shape index (κ3) is 4.49. The van der Waals surface area contributed by atoms with Crippen LogP contribution in [0.25, 0.3) is 0 Å². The zero-order valence-electron chi connectivity index (χ0n) is 12.9. The molecule has 0 unspecified atom stereocenters. The highest BCUT2D eigenvalue weighted by atomic mass is 35.5. The van der Waals surface area contributed by atoms with Crippen LogP contribution in [0.3, 0.4) is 0 Å². The molecule has 0 spiro atoms. The Morgan fingerprint density at radius 1 is 1.30 bits per heavy atom. The Bertz CT molecular complexity index is 563. The van der Waals surface area contributed by atoms with Crippen molar-refractivity contribution >= 4 is 34.9 Å². The molecule has 2 heterocycles. The molecule has 2 aliphatic rings. The summed E-state index contributed by atoms with van der Waals surface area (Å²) in [5.74, 6) is 2.31. The number of carbonyl (C=O) groups excluding carboxylic acids is 1. The van der Waals surface area contributed by atoms with Crippen molar-refractivity contribution < 1.29 is 4.79 Å². The highest BCUT2D eigenvalue weighted by Gasteiger charge is 2.47. The molecule has 1 amide bonds. The SMILES string of the molecule is O=C(NCCNc1ncc(Cl)cc1Cl)[C@@H]1C[C@H]1C1CCNCC1. The summed E-state index contributed by atoms with van der Waals surface area (Å²) in [4.78, 5) is 16.3. The largest absolute Gasteiger partial charge is 0.367 e.